The molecular weight excluding hydrogens is 760 g/mol. The molecule has 6 rings (SSSR count). The quantitative estimate of drug-likeness (QED) is 0.337. The van der Waals surface area contributed by atoms with Crippen molar-refractivity contribution in [3.63, 3.8) is 0 Å². The van der Waals surface area contributed by atoms with Crippen LogP contribution in [0.4, 0.5) is 0 Å². The summed E-state index contributed by atoms with van der Waals surface area (Å²) in [5.74, 6) is 1.32. The molecule has 0 aliphatic carbocycles. The zero-order chi connectivity index (χ0) is 45.7. The van der Waals surface area contributed by atoms with Gasteiger partial charge in [0.25, 0.3) is 0 Å². The third kappa shape index (κ3) is 7.62. The van der Waals surface area contributed by atoms with Gasteiger partial charge in [-0.3, -0.25) is 0 Å². The van der Waals surface area contributed by atoms with Crippen molar-refractivity contribution in [1.82, 2.24) is 0 Å². The topological polar surface area (TPSA) is 140 Å². The lowest BCUT2D eigenvalue weighted by atomic mass is 9.64. The zero-order valence-electron chi connectivity index (χ0n) is 40.3. The van der Waals surface area contributed by atoms with Crippen molar-refractivity contribution in [2.45, 2.75) is 183 Å². The normalized spacial score (nSPS) is 23.5. The SMILES string of the molecule is COc1c(C)c(B2OC(C)(C)C(C)(C)O2)c(C#N)c(B2OC(C)(C)C(C)(C)O2)c1C.COc1c(C)c(B2OC(C)(C)C(C)(C)O2)c(C#N)c(C)c1B1OC(C)(C)C(C)(C)O1. The van der Waals surface area contributed by atoms with Gasteiger partial charge in [0.1, 0.15) is 11.5 Å². The Morgan fingerprint density at radius 1 is 0.350 bits per heavy atom. The molecule has 0 bridgehead atoms. The molecule has 0 spiro atoms. The van der Waals surface area contributed by atoms with Crippen molar-refractivity contribution >= 4 is 50.3 Å². The largest absolute Gasteiger partial charge is 0.498 e. The van der Waals surface area contributed by atoms with Crippen molar-refractivity contribution < 1.29 is 46.7 Å². The van der Waals surface area contributed by atoms with E-state index in [2.05, 4.69) is 12.1 Å². The van der Waals surface area contributed by atoms with E-state index in [0.717, 1.165) is 27.7 Å². The molecular formula is C44H66B4N2O10. The Morgan fingerprint density at radius 3 is 0.800 bits per heavy atom. The van der Waals surface area contributed by atoms with Crippen LogP contribution in [0.25, 0.3) is 0 Å². The van der Waals surface area contributed by atoms with Gasteiger partial charge in [0.15, 0.2) is 0 Å². The number of methoxy groups -OCH3 is 2. The highest BCUT2D eigenvalue weighted by Crippen LogP contribution is 2.42. The Labute approximate surface area is 361 Å². The lowest BCUT2D eigenvalue weighted by molar-refractivity contribution is 0.00578. The van der Waals surface area contributed by atoms with Gasteiger partial charge in [0.2, 0.25) is 0 Å². The number of benzene rings is 2. The summed E-state index contributed by atoms with van der Waals surface area (Å²) in [6, 6.07) is 4.75. The van der Waals surface area contributed by atoms with Crippen LogP contribution in [0.3, 0.4) is 0 Å². The minimum Gasteiger partial charge on any atom is -0.497 e. The minimum absolute atomic E-state index is 0.461. The number of hydrogen-bond donors (Lipinski definition) is 0. The molecule has 0 radical (unpaired) electrons. The summed E-state index contributed by atoms with van der Waals surface area (Å²) in [6.07, 6.45) is 0. The number of nitrogens with zero attached hydrogens (tertiary/aromatic N) is 2. The predicted octanol–water partition coefficient (Wildman–Crippen LogP) is 5.56. The van der Waals surface area contributed by atoms with E-state index in [-0.39, 0.29) is 0 Å². The van der Waals surface area contributed by atoms with Crippen molar-refractivity contribution in [2.75, 3.05) is 14.2 Å². The Hall–Kier alpha value is -3.04. The highest BCUT2D eigenvalue weighted by molar-refractivity contribution is 6.68. The molecule has 12 nitrogen and oxygen atoms in total. The van der Waals surface area contributed by atoms with Crippen molar-refractivity contribution in [3.8, 4) is 23.6 Å². The minimum atomic E-state index is -0.694. The first-order valence-electron chi connectivity index (χ1n) is 20.8. The molecule has 4 aliphatic heterocycles. The van der Waals surface area contributed by atoms with E-state index >= 15 is 0 Å². The third-order valence-corrected chi connectivity index (χ3v) is 14.7. The Balaban J connectivity index is 0.000000228. The number of hydrogen-bond acceptors (Lipinski definition) is 12. The van der Waals surface area contributed by atoms with E-state index in [1.54, 1.807) is 14.2 Å². The number of rotatable bonds is 6. The molecule has 60 heavy (non-hydrogen) atoms. The molecule has 4 saturated heterocycles. The highest BCUT2D eigenvalue weighted by atomic mass is 16.7. The average molecular weight is 826 g/mol. The van der Waals surface area contributed by atoms with E-state index in [4.69, 9.17) is 46.7 Å². The van der Waals surface area contributed by atoms with Gasteiger partial charge in [-0.05, 0) is 161 Å². The first kappa shape index (κ1) is 48.0. The Bertz CT molecular complexity index is 2000. The van der Waals surface area contributed by atoms with Crippen LogP contribution in [0.5, 0.6) is 11.5 Å². The van der Waals surface area contributed by atoms with Gasteiger partial charge in [-0.25, -0.2) is 0 Å². The van der Waals surface area contributed by atoms with Gasteiger partial charge >= 0.3 is 28.5 Å². The Morgan fingerprint density at radius 2 is 0.567 bits per heavy atom. The summed E-state index contributed by atoms with van der Waals surface area (Å²) in [7, 11) is 0.563. The smallest absolute Gasteiger partial charge is 0.497 e. The first-order valence-corrected chi connectivity index (χ1v) is 20.8. The van der Waals surface area contributed by atoms with E-state index in [1.165, 1.54) is 0 Å². The maximum Gasteiger partial charge on any atom is 0.498 e. The molecule has 2 aromatic carbocycles. The molecule has 0 atom stereocenters. The van der Waals surface area contributed by atoms with Gasteiger partial charge < -0.3 is 46.7 Å². The van der Waals surface area contributed by atoms with Crippen LogP contribution < -0.4 is 31.3 Å². The van der Waals surface area contributed by atoms with Crippen LogP contribution in [-0.4, -0.2) is 87.5 Å². The molecule has 4 fully saturated rings. The molecule has 0 amide bonds. The summed E-state index contributed by atoms with van der Waals surface area (Å²) in [6.45, 7) is 39.7. The summed E-state index contributed by atoms with van der Waals surface area (Å²) in [5.41, 5.74) is 2.81. The zero-order valence-corrected chi connectivity index (χ0v) is 40.3. The molecule has 4 heterocycles. The van der Waals surface area contributed by atoms with Gasteiger partial charge in [-0.2, -0.15) is 10.5 Å². The van der Waals surface area contributed by atoms with Crippen LogP contribution in [-0.2, 0) is 37.2 Å². The summed E-state index contributed by atoms with van der Waals surface area (Å²) in [5, 5.41) is 20.3. The number of ether oxygens (including phenoxy) is 2. The van der Waals surface area contributed by atoms with E-state index < -0.39 is 73.3 Å². The maximum atomic E-state index is 10.2. The molecule has 0 saturated carbocycles. The molecule has 0 N–H and O–H groups in total. The van der Waals surface area contributed by atoms with Crippen LogP contribution >= 0.6 is 0 Å². The summed E-state index contributed by atoms with van der Waals surface area (Å²) in [4.78, 5) is 0. The van der Waals surface area contributed by atoms with Gasteiger partial charge in [-0.15, -0.1) is 0 Å². The van der Waals surface area contributed by atoms with Crippen LogP contribution in [0.15, 0.2) is 0 Å². The highest BCUT2D eigenvalue weighted by Gasteiger charge is 2.58. The maximum absolute atomic E-state index is 10.2. The summed E-state index contributed by atoms with van der Waals surface area (Å²) < 4.78 is 61.9. The predicted molar refractivity (Wildman–Crippen MR) is 237 cm³/mol. The van der Waals surface area contributed by atoms with E-state index in [9.17, 15) is 10.5 Å². The van der Waals surface area contributed by atoms with Gasteiger partial charge in [0, 0.05) is 21.9 Å². The molecule has 16 heteroatoms. The molecule has 4 aliphatic rings. The van der Waals surface area contributed by atoms with Gasteiger partial charge in [-0.1, -0.05) is 0 Å². The van der Waals surface area contributed by atoms with E-state index in [1.807, 2.05) is 138 Å². The molecule has 0 unspecified atom stereocenters. The van der Waals surface area contributed by atoms with Crippen molar-refractivity contribution in [2.24, 2.45) is 0 Å². The second kappa shape index (κ2) is 15.3. The monoisotopic (exact) mass is 827 g/mol. The lowest BCUT2D eigenvalue weighted by Gasteiger charge is -2.32. The second-order valence-electron chi connectivity index (χ2n) is 20.5. The fourth-order valence-electron chi connectivity index (χ4n) is 7.91. The molecule has 2 aromatic rings. The Kier molecular flexibility index (Phi) is 12.3. The molecule has 0 aromatic heterocycles. The average Bonchev–Trinajstić information content (AvgIpc) is 3.64. The van der Waals surface area contributed by atoms with Crippen LogP contribution in [0.2, 0.25) is 0 Å². The second-order valence-corrected chi connectivity index (χ2v) is 20.5. The fourth-order valence-corrected chi connectivity index (χ4v) is 7.91. The first-order chi connectivity index (χ1) is 27.2. The summed E-state index contributed by atoms with van der Waals surface area (Å²) >= 11 is 0. The van der Waals surface area contributed by atoms with Gasteiger partial charge in [0.05, 0.1) is 82.3 Å². The van der Waals surface area contributed by atoms with Crippen molar-refractivity contribution in [3.05, 3.63) is 33.4 Å². The van der Waals surface area contributed by atoms with Crippen molar-refractivity contribution in [1.29, 1.82) is 10.5 Å². The lowest BCUT2D eigenvalue weighted by Crippen LogP contribution is -2.47. The van der Waals surface area contributed by atoms with E-state index in [0.29, 0.717) is 39.0 Å². The van der Waals surface area contributed by atoms with Crippen LogP contribution in [0, 0.1) is 50.4 Å². The molecule has 324 valence electrons. The standard InChI is InChI=1S/2C22H33B2NO5/c1-13-16(23-27-19(3,4)20(5,6)28-23)15(12-25)17(14(2)18(13)26-11)24-29-21(7,8)22(9,10)30-24;1-13-15(12-25)16(23-27-19(3,4)20(5,6)28-23)14(2)18(26-11)17(13)24-29-21(7,8)22(9,10)30-24/h2*1-11H3. The van der Waals surface area contributed by atoms with Crippen LogP contribution in [0.1, 0.15) is 144 Å². The number of nitriles is 2. The fraction of sp³-hybridized carbons (Fsp3) is 0.682. The third-order valence-electron chi connectivity index (χ3n) is 14.7.